The van der Waals surface area contributed by atoms with Gasteiger partial charge in [0.25, 0.3) is 0 Å². The topological polar surface area (TPSA) is 84.7 Å². The molecule has 7 fully saturated rings. The van der Waals surface area contributed by atoms with Gasteiger partial charge in [0.05, 0.1) is 17.7 Å². The molecule has 2 bridgehead atoms. The number of aliphatic hydroxyl groups excluding tert-OH is 1. The highest BCUT2D eigenvalue weighted by atomic mass is 16.5. The third kappa shape index (κ3) is 2.20. The Bertz CT molecular complexity index is 969. The highest BCUT2D eigenvalue weighted by Gasteiger charge is 2.84. The van der Waals surface area contributed by atoms with Crippen molar-refractivity contribution in [1.82, 2.24) is 4.90 Å². The molecule has 6 aliphatic carbocycles. The Balaban J connectivity index is 1.28. The molecule has 2 saturated heterocycles. The second kappa shape index (κ2) is 6.32. The van der Waals surface area contributed by atoms with Gasteiger partial charge in [-0.15, -0.1) is 0 Å². The molecule has 5 N–H and O–H groups in total. The van der Waals surface area contributed by atoms with E-state index < -0.39 is 5.72 Å². The highest BCUT2D eigenvalue weighted by Crippen LogP contribution is 2.84. The number of hydrogen-bond donors (Lipinski definition) is 3. The summed E-state index contributed by atoms with van der Waals surface area (Å²) in [6.45, 7) is 10.9. The predicted octanol–water partition coefficient (Wildman–Crippen LogP) is 3.79. The molecule has 5 saturated carbocycles. The first-order valence-corrected chi connectivity index (χ1v) is 14.2. The van der Waals surface area contributed by atoms with Crippen LogP contribution in [0.2, 0.25) is 0 Å². The lowest BCUT2D eigenvalue weighted by Gasteiger charge is -2.73. The van der Waals surface area contributed by atoms with Gasteiger partial charge in [0.15, 0.2) is 0 Å². The second-order valence-electron chi connectivity index (χ2n) is 14.8. The Kier molecular flexibility index (Phi) is 4.23. The summed E-state index contributed by atoms with van der Waals surface area (Å²) < 4.78 is 7.27. The number of hydrogen-bond acceptors (Lipinski definition) is 5. The lowest BCUT2D eigenvalue weighted by molar-refractivity contribution is -0.306. The zero-order valence-corrected chi connectivity index (χ0v) is 22.1. The number of likely N-dealkylation sites (tertiary alicyclic amines) is 1. The highest BCUT2D eigenvalue weighted by molar-refractivity contribution is 5.40. The van der Waals surface area contributed by atoms with Gasteiger partial charge in [-0.2, -0.15) is 0 Å². The fourth-order valence-corrected chi connectivity index (χ4v) is 12.4. The summed E-state index contributed by atoms with van der Waals surface area (Å²) in [7, 11) is 2.27. The van der Waals surface area contributed by atoms with Crippen molar-refractivity contribution in [1.29, 1.82) is 0 Å². The van der Waals surface area contributed by atoms with E-state index in [9.17, 15) is 5.11 Å². The van der Waals surface area contributed by atoms with Crippen LogP contribution in [0.5, 0.6) is 0 Å². The molecule has 8 rings (SSSR count). The Morgan fingerprint density at radius 2 is 1.85 bits per heavy atom. The van der Waals surface area contributed by atoms with Crippen molar-refractivity contribution in [2.45, 2.75) is 114 Å². The van der Waals surface area contributed by atoms with Crippen LogP contribution in [0.25, 0.3) is 0 Å². The fourth-order valence-electron chi connectivity index (χ4n) is 12.4. The van der Waals surface area contributed by atoms with Crippen molar-refractivity contribution in [3.8, 4) is 0 Å². The fraction of sp³-hybridized carbons (Fsp3) is 0.931. The van der Waals surface area contributed by atoms with Crippen molar-refractivity contribution < 1.29 is 9.84 Å². The quantitative estimate of drug-likeness (QED) is 0.470. The number of fused-ring (bicyclic) bond motifs is 5. The SMILES string of the molecule is C[C@@H]1CN(C)[C@H]2[C@@H](C)[C@@]3(CCC45CC3(C)C4C[C@@]3(N)[C@H]5CC=C4C[C@@H](O)CC[C@@]43C)O[C@]2(N)C1. The normalized spacial score (nSPS) is 64.5. The Morgan fingerprint density at radius 1 is 1.09 bits per heavy atom. The van der Waals surface area contributed by atoms with Gasteiger partial charge in [-0.1, -0.05) is 39.3 Å². The summed E-state index contributed by atoms with van der Waals surface area (Å²) in [5.41, 5.74) is 16.0. The number of rotatable bonds is 0. The van der Waals surface area contributed by atoms with Crippen LogP contribution in [0.3, 0.4) is 0 Å². The van der Waals surface area contributed by atoms with Crippen molar-refractivity contribution in [2.75, 3.05) is 13.6 Å². The van der Waals surface area contributed by atoms with Crippen molar-refractivity contribution in [3.05, 3.63) is 11.6 Å². The molecule has 5 nitrogen and oxygen atoms in total. The lowest BCUT2D eigenvalue weighted by Crippen LogP contribution is -2.72. The number of ether oxygens (including phenoxy) is 1. The molecule has 0 aromatic carbocycles. The number of aliphatic hydroxyl groups is 1. The van der Waals surface area contributed by atoms with E-state index in [1.54, 1.807) is 0 Å². The Labute approximate surface area is 206 Å². The molecule has 0 radical (unpaired) electrons. The third-order valence-electron chi connectivity index (χ3n) is 13.5. The molecule has 12 atom stereocenters. The van der Waals surface area contributed by atoms with Crippen LogP contribution in [-0.4, -0.2) is 52.6 Å². The molecule has 2 heterocycles. The van der Waals surface area contributed by atoms with Crippen molar-refractivity contribution in [3.63, 3.8) is 0 Å². The largest absolute Gasteiger partial charge is 0.393 e. The number of piperidine rings is 1. The van der Waals surface area contributed by atoms with E-state index >= 15 is 0 Å². The lowest BCUT2D eigenvalue weighted by atomic mass is 9.33. The minimum absolute atomic E-state index is 0.0266. The predicted molar refractivity (Wildman–Crippen MR) is 134 cm³/mol. The molecule has 0 amide bonds. The maximum absolute atomic E-state index is 10.4. The maximum atomic E-state index is 10.4. The van der Waals surface area contributed by atoms with Crippen molar-refractivity contribution >= 4 is 0 Å². The summed E-state index contributed by atoms with van der Waals surface area (Å²) in [4.78, 5) is 2.51. The monoisotopic (exact) mass is 469 g/mol. The maximum Gasteiger partial charge on any atom is 0.133 e. The Hall–Kier alpha value is -0.460. The molecular weight excluding hydrogens is 422 g/mol. The van der Waals surface area contributed by atoms with E-state index in [2.05, 4.69) is 45.7 Å². The van der Waals surface area contributed by atoms with Gasteiger partial charge in [-0.05, 0) is 88.0 Å². The molecule has 2 aliphatic heterocycles. The van der Waals surface area contributed by atoms with Crippen LogP contribution in [-0.2, 0) is 4.74 Å². The van der Waals surface area contributed by atoms with Crippen LogP contribution in [0.4, 0.5) is 0 Å². The second-order valence-corrected chi connectivity index (χ2v) is 14.8. The smallest absolute Gasteiger partial charge is 0.133 e. The number of allylic oxidation sites excluding steroid dienone is 1. The van der Waals surface area contributed by atoms with E-state index in [-0.39, 0.29) is 28.1 Å². The minimum atomic E-state index is -0.531. The molecule has 0 aromatic heterocycles. The minimum Gasteiger partial charge on any atom is -0.393 e. The molecule has 8 aliphatic rings. The van der Waals surface area contributed by atoms with Gasteiger partial charge >= 0.3 is 0 Å². The first-order valence-electron chi connectivity index (χ1n) is 14.2. The Morgan fingerprint density at radius 3 is 2.62 bits per heavy atom. The van der Waals surface area contributed by atoms with Gasteiger partial charge in [-0.3, -0.25) is 4.90 Å². The molecular formula is C29H47N3O2. The molecule has 0 aromatic rings. The average Bonchev–Trinajstić information content (AvgIpc) is 3.10. The molecule has 3 unspecified atom stereocenters. The van der Waals surface area contributed by atoms with Crippen molar-refractivity contribution in [2.24, 2.45) is 51.4 Å². The number of nitrogens with zero attached hydrogens (tertiary/aromatic N) is 1. The summed E-state index contributed by atoms with van der Waals surface area (Å²) in [6, 6.07) is 0.301. The number of nitrogens with two attached hydrogens (primary N) is 2. The zero-order valence-electron chi connectivity index (χ0n) is 22.1. The molecule has 34 heavy (non-hydrogen) atoms. The van der Waals surface area contributed by atoms with Gasteiger partial charge in [0, 0.05) is 28.8 Å². The number of likely N-dealkylation sites (N-methyl/N-ethyl adjacent to an activating group) is 1. The van der Waals surface area contributed by atoms with E-state index in [1.807, 2.05) is 0 Å². The van der Waals surface area contributed by atoms with Gasteiger partial charge in [-0.25, -0.2) is 0 Å². The molecule has 190 valence electrons. The first-order chi connectivity index (χ1) is 15.9. The van der Waals surface area contributed by atoms with E-state index in [0.717, 1.165) is 51.5 Å². The summed E-state index contributed by atoms with van der Waals surface area (Å²) in [5.74, 6) is 2.18. The van der Waals surface area contributed by atoms with E-state index in [1.165, 1.54) is 18.4 Å². The summed E-state index contributed by atoms with van der Waals surface area (Å²) >= 11 is 0. The van der Waals surface area contributed by atoms with Gasteiger partial charge < -0.3 is 21.3 Å². The van der Waals surface area contributed by atoms with E-state index in [4.69, 9.17) is 16.2 Å². The van der Waals surface area contributed by atoms with Crippen LogP contribution >= 0.6 is 0 Å². The summed E-state index contributed by atoms with van der Waals surface area (Å²) in [5, 5.41) is 10.4. The van der Waals surface area contributed by atoms with Crippen LogP contribution in [0.15, 0.2) is 11.6 Å². The first kappa shape index (κ1) is 22.7. The molecule has 2 spiro atoms. The third-order valence-corrected chi connectivity index (χ3v) is 13.5. The summed E-state index contributed by atoms with van der Waals surface area (Å²) in [6.07, 6.45) is 11.9. The van der Waals surface area contributed by atoms with Gasteiger partial charge in [0.2, 0.25) is 0 Å². The molecule has 5 heteroatoms. The van der Waals surface area contributed by atoms with Crippen LogP contribution in [0.1, 0.15) is 85.5 Å². The van der Waals surface area contributed by atoms with Crippen LogP contribution in [0, 0.1) is 39.9 Å². The van der Waals surface area contributed by atoms with Gasteiger partial charge in [0.1, 0.15) is 5.72 Å². The zero-order chi connectivity index (χ0) is 24.1. The van der Waals surface area contributed by atoms with E-state index in [0.29, 0.717) is 35.1 Å². The van der Waals surface area contributed by atoms with Crippen LogP contribution < -0.4 is 11.5 Å². The standard InChI is InChI=1S/C29H47N3O2/c1-17-13-29(31)23(32(5)15-17)18(2)28(34-29)11-10-26-16-25(28,4)22(26)14-27(30)21(26)7-6-19-12-20(33)8-9-24(19,27)3/h6,17-18,20-23,33H,7-16,30-31H2,1-5H3/t17-,18+,20-,21-,22?,23-,24-,25?,26?,27+,28+,29+/m0/s1. The average molecular weight is 470 g/mol.